The van der Waals surface area contributed by atoms with Gasteiger partial charge in [-0.2, -0.15) is 0 Å². The zero-order chi connectivity index (χ0) is 9.40. The second kappa shape index (κ2) is 6.94. The van der Waals surface area contributed by atoms with Gasteiger partial charge in [-0.3, -0.25) is 0 Å². The fraction of sp³-hybridized carbons (Fsp3) is 0.750. The Labute approximate surface area is 73.5 Å². The van der Waals surface area contributed by atoms with Gasteiger partial charge in [0.05, 0.1) is 0 Å². The molecule has 0 aliphatic heterocycles. The Bertz CT molecular complexity index is 110. The van der Waals surface area contributed by atoms with E-state index in [2.05, 4.69) is 0 Å². The van der Waals surface area contributed by atoms with E-state index in [4.69, 9.17) is 20.9 Å². The van der Waals surface area contributed by atoms with Gasteiger partial charge in [0.2, 0.25) is 0 Å². The van der Waals surface area contributed by atoms with Gasteiger partial charge < -0.3 is 20.9 Å². The van der Waals surface area contributed by atoms with E-state index in [1.165, 1.54) is 12.5 Å². The molecule has 0 bridgehead atoms. The molecule has 0 amide bonds. The summed E-state index contributed by atoms with van der Waals surface area (Å²) in [6.07, 6.45) is 2.96. The van der Waals surface area contributed by atoms with E-state index in [0.717, 1.165) is 0 Å². The van der Waals surface area contributed by atoms with Crippen molar-refractivity contribution in [2.45, 2.75) is 25.9 Å². The van der Waals surface area contributed by atoms with Crippen molar-refractivity contribution in [3.8, 4) is 0 Å². The fourth-order valence-corrected chi connectivity index (χ4v) is 0.493. The van der Waals surface area contributed by atoms with Crippen molar-refractivity contribution in [3.63, 3.8) is 0 Å². The Morgan fingerprint density at radius 3 is 1.58 bits per heavy atom. The average molecular weight is 174 g/mol. The van der Waals surface area contributed by atoms with Crippen LogP contribution in [0.4, 0.5) is 0 Å². The predicted octanol–water partition coefficient (Wildman–Crippen LogP) is 0.185. The zero-order valence-electron chi connectivity index (χ0n) is 7.69. The highest BCUT2D eigenvalue weighted by molar-refractivity contribution is 4.64. The SMILES string of the molecule is CC(N)COC=COCC(C)N. The quantitative estimate of drug-likeness (QED) is 0.564. The molecule has 72 valence electrons. The highest BCUT2D eigenvalue weighted by Gasteiger charge is 1.91. The van der Waals surface area contributed by atoms with Crippen molar-refractivity contribution in [2.24, 2.45) is 11.5 Å². The third kappa shape index (κ3) is 9.26. The molecule has 0 aliphatic carbocycles. The fourth-order valence-electron chi connectivity index (χ4n) is 0.493. The molecule has 0 aromatic heterocycles. The van der Waals surface area contributed by atoms with Gasteiger partial charge in [-0.25, -0.2) is 0 Å². The molecule has 0 aromatic carbocycles. The average Bonchev–Trinajstić information content (AvgIpc) is 1.95. The van der Waals surface area contributed by atoms with Gasteiger partial charge in [-0.05, 0) is 13.8 Å². The molecule has 4 N–H and O–H groups in total. The lowest BCUT2D eigenvalue weighted by Crippen LogP contribution is -2.21. The molecule has 0 spiro atoms. The van der Waals surface area contributed by atoms with Crippen LogP contribution in [0.25, 0.3) is 0 Å². The molecule has 0 radical (unpaired) electrons. The van der Waals surface area contributed by atoms with E-state index in [9.17, 15) is 0 Å². The Morgan fingerprint density at radius 2 is 1.33 bits per heavy atom. The van der Waals surface area contributed by atoms with E-state index in [1.807, 2.05) is 13.8 Å². The van der Waals surface area contributed by atoms with E-state index in [0.29, 0.717) is 13.2 Å². The van der Waals surface area contributed by atoms with Crippen LogP contribution in [-0.2, 0) is 9.47 Å². The number of rotatable bonds is 6. The lowest BCUT2D eigenvalue weighted by molar-refractivity contribution is 0.190. The second-order valence-corrected chi connectivity index (χ2v) is 2.89. The molecule has 0 saturated carbocycles. The van der Waals surface area contributed by atoms with Crippen molar-refractivity contribution in [2.75, 3.05) is 13.2 Å². The third-order valence-electron chi connectivity index (χ3n) is 0.966. The van der Waals surface area contributed by atoms with Crippen molar-refractivity contribution in [3.05, 3.63) is 12.5 Å². The maximum atomic E-state index is 5.44. The highest BCUT2D eigenvalue weighted by Crippen LogP contribution is 1.85. The minimum absolute atomic E-state index is 0.0445. The maximum absolute atomic E-state index is 5.44. The second-order valence-electron chi connectivity index (χ2n) is 2.89. The Kier molecular flexibility index (Phi) is 6.51. The van der Waals surface area contributed by atoms with Gasteiger partial charge in [-0.1, -0.05) is 0 Å². The molecule has 0 rings (SSSR count). The molecule has 0 aliphatic rings. The normalized spacial score (nSPS) is 16.0. The van der Waals surface area contributed by atoms with Crippen LogP contribution >= 0.6 is 0 Å². The van der Waals surface area contributed by atoms with E-state index >= 15 is 0 Å². The third-order valence-corrected chi connectivity index (χ3v) is 0.966. The molecule has 4 nitrogen and oxygen atoms in total. The summed E-state index contributed by atoms with van der Waals surface area (Å²) >= 11 is 0. The van der Waals surface area contributed by atoms with Crippen LogP contribution in [-0.4, -0.2) is 25.3 Å². The molecule has 0 saturated heterocycles. The number of hydrogen-bond donors (Lipinski definition) is 2. The largest absolute Gasteiger partial charge is 0.496 e. The summed E-state index contributed by atoms with van der Waals surface area (Å²) in [5, 5.41) is 0. The van der Waals surface area contributed by atoms with Gasteiger partial charge >= 0.3 is 0 Å². The summed E-state index contributed by atoms with van der Waals surface area (Å²) in [6.45, 7) is 4.74. The summed E-state index contributed by atoms with van der Waals surface area (Å²) in [5.41, 5.74) is 10.9. The topological polar surface area (TPSA) is 70.5 Å². The van der Waals surface area contributed by atoms with E-state index in [-0.39, 0.29) is 12.1 Å². The highest BCUT2D eigenvalue weighted by atomic mass is 16.5. The molecule has 0 aromatic rings. The Hall–Kier alpha value is -0.740. The van der Waals surface area contributed by atoms with Gasteiger partial charge in [0.1, 0.15) is 25.7 Å². The maximum Gasteiger partial charge on any atom is 0.117 e. The Balaban J connectivity index is 3.15. The van der Waals surface area contributed by atoms with Crippen molar-refractivity contribution >= 4 is 0 Å². The van der Waals surface area contributed by atoms with Crippen molar-refractivity contribution < 1.29 is 9.47 Å². The van der Waals surface area contributed by atoms with Crippen LogP contribution in [0, 0.1) is 0 Å². The molecule has 2 atom stereocenters. The molecule has 0 fully saturated rings. The lowest BCUT2D eigenvalue weighted by atomic mass is 10.4. The zero-order valence-corrected chi connectivity index (χ0v) is 7.69. The van der Waals surface area contributed by atoms with Crippen LogP contribution < -0.4 is 11.5 Å². The van der Waals surface area contributed by atoms with E-state index in [1.54, 1.807) is 0 Å². The molecule has 12 heavy (non-hydrogen) atoms. The summed E-state index contributed by atoms with van der Waals surface area (Å²) in [7, 11) is 0. The predicted molar refractivity (Wildman–Crippen MR) is 48.3 cm³/mol. The van der Waals surface area contributed by atoms with Gasteiger partial charge in [-0.15, -0.1) is 0 Å². The number of hydrogen-bond acceptors (Lipinski definition) is 4. The number of nitrogens with two attached hydrogens (primary N) is 2. The monoisotopic (exact) mass is 174 g/mol. The standard InChI is InChI=1S/C8H18N2O2/c1-7(9)5-11-3-4-12-6-8(2)10/h3-4,7-8H,5-6,9-10H2,1-2H3. The van der Waals surface area contributed by atoms with Gasteiger partial charge in [0.15, 0.2) is 0 Å². The smallest absolute Gasteiger partial charge is 0.117 e. The molecular weight excluding hydrogens is 156 g/mol. The first-order valence-corrected chi connectivity index (χ1v) is 4.02. The van der Waals surface area contributed by atoms with Crippen LogP contribution in [0.1, 0.15) is 13.8 Å². The summed E-state index contributed by atoms with van der Waals surface area (Å²) < 4.78 is 10.0. The summed E-state index contributed by atoms with van der Waals surface area (Å²) in [4.78, 5) is 0. The van der Waals surface area contributed by atoms with Crippen molar-refractivity contribution in [1.29, 1.82) is 0 Å². The van der Waals surface area contributed by atoms with Crippen LogP contribution in [0.15, 0.2) is 12.5 Å². The molecule has 0 heterocycles. The van der Waals surface area contributed by atoms with Crippen LogP contribution in [0.3, 0.4) is 0 Å². The Morgan fingerprint density at radius 1 is 1.00 bits per heavy atom. The van der Waals surface area contributed by atoms with Crippen molar-refractivity contribution in [1.82, 2.24) is 0 Å². The van der Waals surface area contributed by atoms with Gasteiger partial charge in [0.25, 0.3) is 0 Å². The molecular formula is C8H18N2O2. The van der Waals surface area contributed by atoms with Crippen LogP contribution in [0.2, 0.25) is 0 Å². The van der Waals surface area contributed by atoms with E-state index < -0.39 is 0 Å². The molecule has 2 unspecified atom stereocenters. The number of ether oxygens (including phenoxy) is 2. The molecule has 4 heteroatoms. The first-order valence-electron chi connectivity index (χ1n) is 4.02. The first-order chi connectivity index (χ1) is 5.63. The summed E-state index contributed by atoms with van der Waals surface area (Å²) in [6, 6.07) is 0.0890. The van der Waals surface area contributed by atoms with Gasteiger partial charge in [0, 0.05) is 12.1 Å². The summed E-state index contributed by atoms with van der Waals surface area (Å²) in [5.74, 6) is 0. The minimum atomic E-state index is 0.0445. The lowest BCUT2D eigenvalue weighted by Gasteiger charge is -2.05. The minimum Gasteiger partial charge on any atom is -0.496 e. The first kappa shape index (κ1) is 11.3. The van der Waals surface area contributed by atoms with Crippen LogP contribution in [0.5, 0.6) is 0 Å².